The zero-order valence-electron chi connectivity index (χ0n) is 11.5. The third-order valence-electron chi connectivity index (χ3n) is 2.87. The van der Waals surface area contributed by atoms with Gasteiger partial charge in [0.25, 0.3) is 12.3 Å². The molecule has 21 heavy (non-hydrogen) atoms. The molecule has 0 heterocycles. The van der Waals surface area contributed by atoms with Crippen LogP contribution in [0.5, 0.6) is 0 Å². The molecule has 5 nitrogen and oxygen atoms in total. The first-order valence-corrected chi connectivity index (χ1v) is 6.35. The van der Waals surface area contributed by atoms with Crippen molar-refractivity contribution in [3.63, 3.8) is 0 Å². The molecule has 0 saturated carbocycles. The van der Waals surface area contributed by atoms with Crippen LogP contribution in [0.3, 0.4) is 0 Å². The first-order chi connectivity index (χ1) is 9.95. The maximum Gasteiger partial charge on any atom is 0.328 e. The first kappa shape index (κ1) is 17.0. The summed E-state index contributed by atoms with van der Waals surface area (Å²) in [6, 6.07) is 7.06. The molecule has 0 unspecified atom stereocenters. The molecule has 7 heteroatoms. The highest BCUT2D eigenvalue weighted by molar-refractivity contribution is 5.96. The van der Waals surface area contributed by atoms with Crippen molar-refractivity contribution < 1.29 is 28.2 Å². The summed E-state index contributed by atoms with van der Waals surface area (Å²) >= 11 is 0. The van der Waals surface area contributed by atoms with Crippen LogP contribution >= 0.6 is 0 Å². The van der Waals surface area contributed by atoms with E-state index in [4.69, 9.17) is 5.11 Å². The Kier molecular flexibility index (Phi) is 6.74. The molecule has 0 aliphatic carbocycles. The minimum Gasteiger partial charge on any atom is -0.467 e. The summed E-state index contributed by atoms with van der Waals surface area (Å²) in [5.41, 5.74) is 0.334. The van der Waals surface area contributed by atoms with Crippen LogP contribution in [0, 0.1) is 0 Å². The van der Waals surface area contributed by atoms with Crippen molar-refractivity contribution in [2.75, 3.05) is 7.11 Å². The van der Waals surface area contributed by atoms with Gasteiger partial charge in [0, 0.05) is 5.56 Å². The Labute approximate surface area is 120 Å². The van der Waals surface area contributed by atoms with E-state index in [0.29, 0.717) is 5.56 Å². The number of benzene rings is 1. The lowest BCUT2D eigenvalue weighted by Crippen LogP contribution is -2.42. The molecule has 0 aliphatic heterocycles. The van der Waals surface area contributed by atoms with E-state index in [2.05, 4.69) is 10.1 Å². The number of aliphatic hydroxyl groups is 1. The van der Waals surface area contributed by atoms with Gasteiger partial charge >= 0.3 is 5.97 Å². The van der Waals surface area contributed by atoms with Crippen molar-refractivity contribution in [3.05, 3.63) is 35.9 Å². The number of nitrogens with one attached hydrogen (secondary N) is 1. The molecular weight excluding hydrogens is 284 g/mol. The lowest BCUT2D eigenvalue weighted by atomic mass is 10.1. The molecule has 0 saturated heterocycles. The van der Waals surface area contributed by atoms with Crippen molar-refractivity contribution in [2.24, 2.45) is 0 Å². The number of alkyl halides is 2. The largest absolute Gasteiger partial charge is 0.467 e. The molecule has 0 radical (unpaired) electrons. The van der Waals surface area contributed by atoms with Gasteiger partial charge in [-0.2, -0.15) is 0 Å². The molecule has 2 N–H and O–H groups in total. The van der Waals surface area contributed by atoms with E-state index in [1.807, 2.05) is 0 Å². The van der Waals surface area contributed by atoms with Crippen molar-refractivity contribution in [3.8, 4) is 0 Å². The molecule has 1 rings (SSSR count). The van der Waals surface area contributed by atoms with Gasteiger partial charge in [-0.05, 0) is 25.0 Å². The van der Waals surface area contributed by atoms with Crippen molar-refractivity contribution >= 4 is 11.9 Å². The normalized spacial score (nSPS) is 13.6. The summed E-state index contributed by atoms with van der Waals surface area (Å²) in [4.78, 5) is 23.5. The SMILES string of the molecule is COC(=O)[C@H](CC[C@@H](O)C(F)F)NC(=O)c1ccccc1. The summed E-state index contributed by atoms with van der Waals surface area (Å²) in [5, 5.41) is 11.5. The van der Waals surface area contributed by atoms with Crippen LogP contribution in [0.4, 0.5) is 8.78 Å². The molecule has 1 aromatic rings. The van der Waals surface area contributed by atoms with Gasteiger partial charge in [-0.15, -0.1) is 0 Å². The van der Waals surface area contributed by atoms with Gasteiger partial charge in [-0.25, -0.2) is 13.6 Å². The van der Waals surface area contributed by atoms with E-state index in [9.17, 15) is 18.4 Å². The number of carbonyl (C=O) groups excluding carboxylic acids is 2. The van der Waals surface area contributed by atoms with E-state index < -0.39 is 30.4 Å². The number of hydrogen-bond donors (Lipinski definition) is 2. The summed E-state index contributed by atoms with van der Waals surface area (Å²) < 4.78 is 29.0. The fraction of sp³-hybridized carbons (Fsp3) is 0.429. The van der Waals surface area contributed by atoms with Crippen LogP contribution in [-0.4, -0.2) is 42.7 Å². The summed E-state index contributed by atoms with van der Waals surface area (Å²) in [5.74, 6) is -1.27. The molecule has 1 aromatic carbocycles. The minimum absolute atomic E-state index is 0.142. The highest BCUT2D eigenvalue weighted by Gasteiger charge is 2.25. The quantitative estimate of drug-likeness (QED) is 0.746. The fourth-order valence-corrected chi connectivity index (χ4v) is 1.69. The van der Waals surface area contributed by atoms with Crippen LogP contribution in [0.2, 0.25) is 0 Å². The molecule has 0 fully saturated rings. The summed E-state index contributed by atoms with van der Waals surface area (Å²) in [7, 11) is 1.13. The van der Waals surface area contributed by atoms with Crippen LogP contribution in [0.25, 0.3) is 0 Å². The minimum atomic E-state index is -2.90. The predicted octanol–water partition coefficient (Wildman–Crippen LogP) is 1.36. The number of aliphatic hydroxyl groups excluding tert-OH is 1. The number of ether oxygens (including phenoxy) is 1. The molecule has 1 amide bonds. The van der Waals surface area contributed by atoms with E-state index in [0.717, 1.165) is 7.11 Å². The predicted molar refractivity (Wildman–Crippen MR) is 71.0 cm³/mol. The highest BCUT2D eigenvalue weighted by Crippen LogP contribution is 2.11. The Balaban J connectivity index is 2.66. The first-order valence-electron chi connectivity index (χ1n) is 6.35. The summed E-state index contributed by atoms with van der Waals surface area (Å²) in [6.45, 7) is 0. The Bertz CT molecular complexity index is 467. The Morgan fingerprint density at radius 1 is 1.24 bits per heavy atom. The average Bonchev–Trinajstić information content (AvgIpc) is 2.50. The van der Waals surface area contributed by atoms with E-state index >= 15 is 0 Å². The van der Waals surface area contributed by atoms with Gasteiger partial charge in [0.05, 0.1) is 7.11 Å². The summed E-state index contributed by atoms with van der Waals surface area (Å²) in [6.07, 6.45) is -5.21. The Hall–Kier alpha value is -2.02. The van der Waals surface area contributed by atoms with E-state index in [1.165, 1.54) is 0 Å². The fourth-order valence-electron chi connectivity index (χ4n) is 1.69. The Morgan fingerprint density at radius 2 is 1.86 bits per heavy atom. The van der Waals surface area contributed by atoms with Crippen molar-refractivity contribution in [1.82, 2.24) is 5.32 Å². The lowest BCUT2D eigenvalue weighted by molar-refractivity contribution is -0.143. The Morgan fingerprint density at radius 3 is 2.38 bits per heavy atom. The second-order valence-electron chi connectivity index (χ2n) is 4.39. The molecule has 0 bridgehead atoms. The number of methoxy groups -OCH3 is 1. The molecular formula is C14H17F2NO4. The second-order valence-corrected chi connectivity index (χ2v) is 4.39. The third-order valence-corrected chi connectivity index (χ3v) is 2.87. The van der Waals surface area contributed by atoms with Crippen molar-refractivity contribution in [2.45, 2.75) is 31.4 Å². The average molecular weight is 301 g/mol. The molecule has 0 aromatic heterocycles. The van der Waals surface area contributed by atoms with Crippen LogP contribution in [-0.2, 0) is 9.53 Å². The van der Waals surface area contributed by atoms with Crippen LogP contribution < -0.4 is 5.32 Å². The van der Waals surface area contributed by atoms with Gasteiger partial charge in [0.2, 0.25) is 0 Å². The number of hydrogen-bond acceptors (Lipinski definition) is 4. The maximum atomic E-state index is 12.2. The molecule has 0 spiro atoms. The zero-order valence-corrected chi connectivity index (χ0v) is 11.5. The maximum absolute atomic E-state index is 12.2. The highest BCUT2D eigenvalue weighted by atomic mass is 19.3. The number of esters is 1. The van der Waals surface area contributed by atoms with Gasteiger partial charge in [0.1, 0.15) is 12.1 Å². The topological polar surface area (TPSA) is 75.6 Å². The second kappa shape index (κ2) is 8.31. The van der Waals surface area contributed by atoms with Gasteiger partial charge in [-0.3, -0.25) is 4.79 Å². The number of carbonyl (C=O) groups is 2. The lowest BCUT2D eigenvalue weighted by Gasteiger charge is -2.18. The van der Waals surface area contributed by atoms with E-state index in [1.54, 1.807) is 30.3 Å². The third kappa shape index (κ3) is 5.47. The van der Waals surface area contributed by atoms with Gasteiger partial charge < -0.3 is 15.2 Å². The smallest absolute Gasteiger partial charge is 0.328 e. The van der Waals surface area contributed by atoms with Crippen LogP contribution in [0.15, 0.2) is 30.3 Å². The van der Waals surface area contributed by atoms with E-state index in [-0.39, 0.29) is 12.8 Å². The molecule has 2 atom stereocenters. The molecule has 0 aliphatic rings. The standard InChI is InChI=1S/C14H17F2NO4/c1-21-14(20)10(7-8-11(18)12(15)16)17-13(19)9-5-3-2-4-6-9/h2-6,10-12,18H,7-8H2,1H3,(H,17,19)/t10-,11+/m0/s1. The number of rotatable bonds is 7. The van der Waals surface area contributed by atoms with Gasteiger partial charge in [0.15, 0.2) is 0 Å². The van der Waals surface area contributed by atoms with Crippen LogP contribution in [0.1, 0.15) is 23.2 Å². The zero-order chi connectivity index (χ0) is 15.8. The number of halogens is 2. The van der Waals surface area contributed by atoms with Gasteiger partial charge in [-0.1, -0.05) is 18.2 Å². The number of amides is 1. The molecule has 116 valence electrons. The van der Waals surface area contributed by atoms with Crippen molar-refractivity contribution in [1.29, 1.82) is 0 Å². The monoisotopic (exact) mass is 301 g/mol.